The van der Waals surface area contributed by atoms with E-state index in [0.29, 0.717) is 15.2 Å². The first-order valence-electron chi connectivity index (χ1n) is 5.43. The predicted octanol–water partition coefficient (Wildman–Crippen LogP) is 4.21. The Morgan fingerprint density at radius 3 is 2.53 bits per heavy atom. The third-order valence-corrected chi connectivity index (χ3v) is 4.81. The van der Waals surface area contributed by atoms with Crippen LogP contribution in [-0.2, 0) is 10.0 Å². The Morgan fingerprint density at radius 1 is 1.16 bits per heavy atom. The second kappa shape index (κ2) is 5.53. The standard InChI is InChI=1S/C13H11BrClNO2S/c1-9-5-6-11(8-13(9)15)16-19(17,18)12-4-2-3-10(14)7-12/h2-8,16H,1H3. The van der Waals surface area contributed by atoms with Crippen LogP contribution in [0.4, 0.5) is 5.69 Å². The monoisotopic (exact) mass is 359 g/mol. The summed E-state index contributed by atoms with van der Waals surface area (Å²) >= 11 is 9.22. The van der Waals surface area contributed by atoms with Crippen LogP contribution in [0.1, 0.15) is 5.56 Å². The quantitative estimate of drug-likeness (QED) is 0.891. The minimum atomic E-state index is -3.60. The lowest BCUT2D eigenvalue weighted by Gasteiger charge is -2.09. The van der Waals surface area contributed by atoms with Gasteiger partial charge in [0.2, 0.25) is 0 Å². The Morgan fingerprint density at radius 2 is 1.89 bits per heavy atom. The van der Waals surface area contributed by atoms with E-state index in [0.717, 1.165) is 5.56 Å². The van der Waals surface area contributed by atoms with Gasteiger partial charge in [0, 0.05) is 9.50 Å². The number of hydrogen-bond donors (Lipinski definition) is 1. The highest BCUT2D eigenvalue weighted by atomic mass is 79.9. The molecule has 0 heterocycles. The van der Waals surface area contributed by atoms with E-state index in [1.165, 1.54) is 12.1 Å². The zero-order chi connectivity index (χ0) is 14.0. The molecule has 19 heavy (non-hydrogen) atoms. The van der Waals surface area contributed by atoms with E-state index in [1.54, 1.807) is 30.3 Å². The SMILES string of the molecule is Cc1ccc(NS(=O)(=O)c2cccc(Br)c2)cc1Cl. The molecule has 2 aromatic rings. The number of anilines is 1. The maximum Gasteiger partial charge on any atom is 0.261 e. The number of rotatable bonds is 3. The molecule has 0 aliphatic carbocycles. The number of hydrogen-bond acceptors (Lipinski definition) is 2. The van der Waals surface area contributed by atoms with Gasteiger partial charge in [0.1, 0.15) is 0 Å². The molecule has 2 aromatic carbocycles. The fourth-order valence-corrected chi connectivity index (χ4v) is 3.33. The van der Waals surface area contributed by atoms with Gasteiger partial charge in [-0.3, -0.25) is 4.72 Å². The van der Waals surface area contributed by atoms with E-state index in [9.17, 15) is 8.42 Å². The lowest BCUT2D eigenvalue weighted by atomic mass is 10.2. The molecule has 0 spiro atoms. The number of nitrogens with one attached hydrogen (secondary N) is 1. The van der Waals surface area contributed by atoms with Gasteiger partial charge in [-0.1, -0.05) is 39.7 Å². The first-order chi connectivity index (χ1) is 8.88. The van der Waals surface area contributed by atoms with Gasteiger partial charge in [-0.25, -0.2) is 8.42 Å². The number of benzene rings is 2. The molecule has 0 amide bonds. The fourth-order valence-electron chi connectivity index (χ4n) is 1.50. The number of aryl methyl sites for hydroxylation is 1. The van der Waals surface area contributed by atoms with Crippen molar-refractivity contribution in [3.8, 4) is 0 Å². The lowest BCUT2D eigenvalue weighted by Crippen LogP contribution is -2.12. The number of halogens is 2. The van der Waals surface area contributed by atoms with E-state index in [4.69, 9.17) is 11.6 Å². The molecule has 0 unspecified atom stereocenters. The van der Waals surface area contributed by atoms with Crippen molar-refractivity contribution in [1.82, 2.24) is 0 Å². The summed E-state index contributed by atoms with van der Waals surface area (Å²) in [6.45, 7) is 1.86. The van der Waals surface area contributed by atoms with E-state index in [2.05, 4.69) is 20.7 Å². The largest absolute Gasteiger partial charge is 0.280 e. The van der Waals surface area contributed by atoms with E-state index in [-0.39, 0.29) is 4.90 Å². The summed E-state index contributed by atoms with van der Waals surface area (Å²) < 4.78 is 27.6. The highest BCUT2D eigenvalue weighted by Gasteiger charge is 2.14. The average Bonchev–Trinajstić information content (AvgIpc) is 2.33. The van der Waals surface area contributed by atoms with Gasteiger partial charge in [0.05, 0.1) is 10.6 Å². The van der Waals surface area contributed by atoms with Crippen molar-refractivity contribution < 1.29 is 8.42 Å². The van der Waals surface area contributed by atoms with Crippen LogP contribution in [0.2, 0.25) is 5.02 Å². The van der Waals surface area contributed by atoms with Gasteiger partial charge < -0.3 is 0 Å². The smallest absolute Gasteiger partial charge is 0.261 e. The minimum absolute atomic E-state index is 0.193. The van der Waals surface area contributed by atoms with Crippen molar-refractivity contribution in [3.63, 3.8) is 0 Å². The van der Waals surface area contributed by atoms with Gasteiger partial charge in [0.15, 0.2) is 0 Å². The summed E-state index contributed by atoms with van der Waals surface area (Å²) in [5.41, 5.74) is 1.34. The third-order valence-electron chi connectivity index (χ3n) is 2.53. The van der Waals surface area contributed by atoms with Crippen molar-refractivity contribution in [2.75, 3.05) is 4.72 Å². The molecule has 0 fully saturated rings. The molecule has 0 atom stereocenters. The Bertz CT molecular complexity index is 716. The summed E-state index contributed by atoms with van der Waals surface area (Å²) in [5.74, 6) is 0. The first kappa shape index (κ1) is 14.4. The minimum Gasteiger partial charge on any atom is -0.280 e. The maximum atomic E-state index is 12.2. The molecule has 2 rings (SSSR count). The van der Waals surface area contributed by atoms with Crippen molar-refractivity contribution in [2.24, 2.45) is 0 Å². The Kier molecular flexibility index (Phi) is 4.18. The van der Waals surface area contributed by atoms with Crippen LogP contribution >= 0.6 is 27.5 Å². The van der Waals surface area contributed by atoms with Crippen LogP contribution in [0.25, 0.3) is 0 Å². The van der Waals surface area contributed by atoms with Gasteiger partial charge in [-0.05, 0) is 42.8 Å². The average molecular weight is 361 g/mol. The summed E-state index contributed by atoms with van der Waals surface area (Å²) in [6.07, 6.45) is 0. The Hall–Kier alpha value is -1.04. The topological polar surface area (TPSA) is 46.2 Å². The summed E-state index contributed by atoms with van der Waals surface area (Å²) in [4.78, 5) is 0.193. The van der Waals surface area contributed by atoms with Crippen LogP contribution in [0.15, 0.2) is 51.8 Å². The van der Waals surface area contributed by atoms with Crippen LogP contribution in [0.5, 0.6) is 0 Å². The van der Waals surface area contributed by atoms with Gasteiger partial charge >= 0.3 is 0 Å². The van der Waals surface area contributed by atoms with Gasteiger partial charge in [0.25, 0.3) is 10.0 Å². The summed E-state index contributed by atoms with van der Waals surface area (Å²) in [6, 6.07) is 11.5. The van der Waals surface area contributed by atoms with Crippen LogP contribution in [0, 0.1) is 6.92 Å². The van der Waals surface area contributed by atoms with E-state index in [1.807, 2.05) is 6.92 Å². The van der Waals surface area contributed by atoms with Gasteiger partial charge in [-0.2, -0.15) is 0 Å². The van der Waals surface area contributed by atoms with Gasteiger partial charge in [-0.15, -0.1) is 0 Å². The molecule has 0 radical (unpaired) electrons. The van der Waals surface area contributed by atoms with Crippen molar-refractivity contribution in [1.29, 1.82) is 0 Å². The molecule has 100 valence electrons. The van der Waals surface area contributed by atoms with Crippen molar-refractivity contribution in [2.45, 2.75) is 11.8 Å². The predicted molar refractivity (Wildman–Crippen MR) is 81.1 cm³/mol. The Labute approximate surface area is 125 Å². The van der Waals surface area contributed by atoms with E-state index >= 15 is 0 Å². The van der Waals surface area contributed by atoms with Crippen LogP contribution in [-0.4, -0.2) is 8.42 Å². The molecular weight excluding hydrogens is 350 g/mol. The molecule has 3 nitrogen and oxygen atoms in total. The molecule has 0 bridgehead atoms. The van der Waals surface area contributed by atoms with Crippen LogP contribution in [0.3, 0.4) is 0 Å². The maximum absolute atomic E-state index is 12.2. The number of sulfonamides is 1. The van der Waals surface area contributed by atoms with Crippen molar-refractivity contribution in [3.05, 3.63) is 57.5 Å². The highest BCUT2D eigenvalue weighted by Crippen LogP contribution is 2.23. The fraction of sp³-hybridized carbons (Fsp3) is 0.0769. The first-order valence-corrected chi connectivity index (χ1v) is 8.08. The molecule has 0 aromatic heterocycles. The van der Waals surface area contributed by atoms with Crippen LogP contribution < -0.4 is 4.72 Å². The normalized spacial score (nSPS) is 11.3. The second-order valence-corrected chi connectivity index (χ2v) is 7.03. The Balaban J connectivity index is 2.33. The molecule has 0 saturated heterocycles. The zero-order valence-electron chi connectivity index (χ0n) is 10.0. The molecular formula is C13H11BrClNO2S. The summed E-state index contributed by atoms with van der Waals surface area (Å²) in [7, 11) is -3.60. The molecule has 0 saturated carbocycles. The molecule has 0 aliphatic heterocycles. The van der Waals surface area contributed by atoms with E-state index < -0.39 is 10.0 Å². The molecule has 0 aliphatic rings. The summed E-state index contributed by atoms with van der Waals surface area (Å²) in [5, 5.41) is 0.523. The zero-order valence-corrected chi connectivity index (χ0v) is 13.2. The molecule has 1 N–H and O–H groups in total. The second-order valence-electron chi connectivity index (χ2n) is 4.03. The van der Waals surface area contributed by atoms with Crippen molar-refractivity contribution >= 4 is 43.2 Å². The lowest BCUT2D eigenvalue weighted by molar-refractivity contribution is 0.601. The third kappa shape index (κ3) is 3.49. The highest BCUT2D eigenvalue weighted by molar-refractivity contribution is 9.10. The molecule has 6 heteroatoms.